The second-order valence-electron chi connectivity index (χ2n) is 6.40. The number of carbonyl (C=O) groups is 2. The van der Waals surface area contributed by atoms with Gasteiger partial charge in [0.1, 0.15) is 6.04 Å². The second-order valence-corrected chi connectivity index (χ2v) is 7.38. The van der Waals surface area contributed by atoms with Crippen molar-refractivity contribution in [2.45, 2.75) is 44.6 Å². The van der Waals surface area contributed by atoms with Crippen LogP contribution in [0.5, 0.6) is 0 Å². The highest BCUT2D eigenvalue weighted by Crippen LogP contribution is 2.10. The van der Waals surface area contributed by atoms with Crippen LogP contribution in [-0.2, 0) is 9.59 Å². The van der Waals surface area contributed by atoms with Crippen molar-refractivity contribution in [3.63, 3.8) is 0 Å². The van der Waals surface area contributed by atoms with Crippen LogP contribution < -0.4 is 10.4 Å². The quantitative estimate of drug-likeness (QED) is 0.263. The summed E-state index contributed by atoms with van der Waals surface area (Å²) in [5.41, 5.74) is 0. The van der Waals surface area contributed by atoms with Gasteiger partial charge in [0.2, 0.25) is 11.8 Å². The van der Waals surface area contributed by atoms with E-state index in [2.05, 4.69) is 11.6 Å². The lowest BCUT2D eigenvalue weighted by atomic mass is 10.1. The summed E-state index contributed by atoms with van der Waals surface area (Å²) >= 11 is 1.78. The zero-order valence-electron chi connectivity index (χ0n) is 16.0. The Morgan fingerprint density at radius 3 is 2.40 bits per heavy atom. The number of nitrogens with zero attached hydrogens (tertiary/aromatic N) is 2. The Morgan fingerprint density at radius 2 is 1.84 bits per heavy atom. The smallest absolute Gasteiger partial charge is 0.243 e. The summed E-state index contributed by atoms with van der Waals surface area (Å²) in [6.45, 7) is 1.32. The predicted molar refractivity (Wildman–Crippen MR) is 102 cm³/mol. The van der Waals surface area contributed by atoms with E-state index in [1.807, 2.05) is 19.0 Å². The maximum atomic E-state index is 12.3. The maximum Gasteiger partial charge on any atom is 0.243 e. The zero-order chi connectivity index (χ0) is 19.2. The third kappa shape index (κ3) is 11.8. The van der Waals surface area contributed by atoms with Crippen LogP contribution in [0.4, 0.5) is 0 Å². The first-order valence-electron chi connectivity index (χ1n) is 8.71. The van der Waals surface area contributed by atoms with Crippen LogP contribution in [0.25, 0.3) is 0 Å². The molecule has 0 aromatic heterocycles. The number of hydrogen-bond acceptors (Lipinski definition) is 6. The standard InChI is InChI=1S/C17H34N4O3S/c1-20(2)11-8-10-19-17(24)14(13-15(18)22)21(3)16(23)9-6-5-7-12-25-4/h14H,5-13H2,1-4H3,(H2,18,22)(H,19,24)/p-1/t14-/m0/s1. The number of nitrogens with one attached hydrogen (secondary N) is 2. The van der Waals surface area contributed by atoms with Crippen LogP contribution in [-0.4, -0.2) is 79.8 Å². The van der Waals surface area contributed by atoms with Gasteiger partial charge in [-0.05, 0) is 57.8 Å². The molecule has 25 heavy (non-hydrogen) atoms. The normalized spacial score (nSPS) is 12.0. The number of hydrogen-bond donors (Lipinski definition) is 2. The van der Waals surface area contributed by atoms with Crippen molar-refractivity contribution >= 4 is 29.5 Å². The molecule has 146 valence electrons. The minimum absolute atomic E-state index is 0.154. The Morgan fingerprint density at radius 1 is 1.16 bits per heavy atom. The average molecular weight is 374 g/mol. The number of rotatable bonds is 14. The monoisotopic (exact) mass is 373 g/mol. The van der Waals surface area contributed by atoms with Gasteiger partial charge in [0.05, 0.1) is 0 Å². The first kappa shape index (κ1) is 23.7. The minimum Gasteiger partial charge on any atom is -0.862 e. The highest BCUT2D eigenvalue weighted by atomic mass is 32.2. The maximum absolute atomic E-state index is 12.3. The fraction of sp³-hybridized carbons (Fsp3) is 0.824. The molecule has 0 bridgehead atoms. The third-order valence-corrected chi connectivity index (χ3v) is 4.56. The van der Waals surface area contributed by atoms with Crippen molar-refractivity contribution in [3.05, 3.63) is 0 Å². The van der Waals surface area contributed by atoms with Crippen LogP contribution >= 0.6 is 11.8 Å². The highest BCUT2D eigenvalue weighted by molar-refractivity contribution is 7.98. The number of amides is 2. The van der Waals surface area contributed by atoms with E-state index in [0.29, 0.717) is 13.0 Å². The summed E-state index contributed by atoms with van der Waals surface area (Å²) in [7, 11) is 5.45. The van der Waals surface area contributed by atoms with Crippen LogP contribution in [0, 0.1) is 5.41 Å². The van der Waals surface area contributed by atoms with Gasteiger partial charge < -0.3 is 25.6 Å². The molecule has 0 saturated heterocycles. The molecule has 0 aliphatic rings. The molecule has 7 nitrogen and oxygen atoms in total. The molecule has 0 rings (SSSR count). The summed E-state index contributed by atoms with van der Waals surface area (Å²) < 4.78 is 0. The van der Waals surface area contributed by atoms with E-state index in [0.717, 1.165) is 38.0 Å². The van der Waals surface area contributed by atoms with Crippen LogP contribution in [0.1, 0.15) is 38.5 Å². The molecule has 0 fully saturated rings. The molecule has 0 unspecified atom stereocenters. The van der Waals surface area contributed by atoms with Crippen molar-refractivity contribution in [2.75, 3.05) is 46.2 Å². The van der Waals surface area contributed by atoms with Gasteiger partial charge in [-0.15, -0.1) is 0 Å². The summed E-state index contributed by atoms with van der Waals surface area (Å²) in [5, 5.41) is 21.1. The van der Waals surface area contributed by atoms with Gasteiger partial charge in [0.15, 0.2) is 0 Å². The predicted octanol–water partition coefficient (Wildman–Crippen LogP) is 0.532. The molecule has 0 aliphatic heterocycles. The number of unbranched alkanes of at least 4 members (excludes halogenated alkanes) is 2. The molecule has 0 heterocycles. The van der Waals surface area contributed by atoms with Gasteiger partial charge in [-0.25, -0.2) is 0 Å². The summed E-state index contributed by atoms with van der Waals surface area (Å²) in [4.78, 5) is 28.0. The number of thioether (sulfide) groups is 1. The fourth-order valence-electron chi connectivity index (χ4n) is 2.36. The molecule has 8 heteroatoms. The van der Waals surface area contributed by atoms with Crippen molar-refractivity contribution < 1.29 is 14.7 Å². The molecule has 1 atom stereocenters. The van der Waals surface area contributed by atoms with Crippen LogP contribution in [0.3, 0.4) is 0 Å². The molecule has 0 aromatic carbocycles. The lowest BCUT2D eigenvalue weighted by Gasteiger charge is -2.29. The van der Waals surface area contributed by atoms with Crippen molar-refractivity contribution in [1.82, 2.24) is 15.1 Å². The highest BCUT2D eigenvalue weighted by Gasteiger charge is 2.26. The lowest BCUT2D eigenvalue weighted by Crippen LogP contribution is -2.50. The van der Waals surface area contributed by atoms with Gasteiger partial charge in [0.25, 0.3) is 0 Å². The van der Waals surface area contributed by atoms with E-state index in [1.54, 1.807) is 11.8 Å². The SMILES string of the molecule is CSCCCCCC(=O)N(C)[C@@H](CC(=N)[O-])C(=O)NCCCN(C)C. The second kappa shape index (κ2) is 13.9. The van der Waals surface area contributed by atoms with Crippen molar-refractivity contribution in [3.8, 4) is 0 Å². The first-order chi connectivity index (χ1) is 11.8. The Kier molecular flexibility index (Phi) is 13.2. The molecular weight excluding hydrogens is 340 g/mol. The molecule has 0 spiro atoms. The van der Waals surface area contributed by atoms with Crippen molar-refractivity contribution in [2.24, 2.45) is 0 Å². The van der Waals surface area contributed by atoms with Gasteiger partial charge in [-0.2, -0.15) is 11.8 Å². The third-order valence-electron chi connectivity index (χ3n) is 3.86. The molecule has 0 aliphatic carbocycles. The molecule has 0 saturated carbocycles. The van der Waals surface area contributed by atoms with Gasteiger partial charge in [-0.3, -0.25) is 9.59 Å². The first-order valence-corrected chi connectivity index (χ1v) is 10.1. The molecular formula is C17H33N4O3S-. The molecule has 2 amide bonds. The van der Waals surface area contributed by atoms with Gasteiger partial charge in [0, 0.05) is 26.4 Å². The number of carbonyl (C=O) groups excluding carboxylic acids is 2. The lowest BCUT2D eigenvalue weighted by molar-refractivity contribution is -0.221. The minimum atomic E-state index is -0.900. The average Bonchev–Trinajstić information content (AvgIpc) is 2.55. The van der Waals surface area contributed by atoms with Gasteiger partial charge in [-0.1, -0.05) is 6.42 Å². The van der Waals surface area contributed by atoms with E-state index in [1.165, 1.54) is 11.9 Å². The van der Waals surface area contributed by atoms with Crippen LogP contribution in [0.15, 0.2) is 0 Å². The van der Waals surface area contributed by atoms with Gasteiger partial charge >= 0.3 is 0 Å². The van der Waals surface area contributed by atoms with E-state index in [4.69, 9.17) is 5.41 Å². The van der Waals surface area contributed by atoms with E-state index in [9.17, 15) is 14.7 Å². The van der Waals surface area contributed by atoms with Crippen LogP contribution in [0.2, 0.25) is 0 Å². The Hall–Kier alpha value is -1.28. The summed E-state index contributed by atoms with van der Waals surface area (Å²) in [6.07, 6.45) is 5.75. The van der Waals surface area contributed by atoms with E-state index in [-0.39, 0.29) is 18.2 Å². The molecule has 0 aromatic rings. The molecule has 0 radical (unpaired) electrons. The summed E-state index contributed by atoms with van der Waals surface area (Å²) in [5.74, 6) is -0.278. The Bertz CT molecular complexity index is 419. The Balaban J connectivity index is 4.48. The Labute approximate surface area is 156 Å². The van der Waals surface area contributed by atoms with E-state index < -0.39 is 11.9 Å². The summed E-state index contributed by atoms with van der Waals surface area (Å²) in [6, 6.07) is -0.900. The van der Waals surface area contributed by atoms with E-state index >= 15 is 0 Å². The largest absolute Gasteiger partial charge is 0.862 e. The fourth-order valence-corrected chi connectivity index (χ4v) is 2.85. The zero-order valence-corrected chi connectivity index (χ0v) is 16.8. The topological polar surface area (TPSA) is 99.6 Å². The molecule has 2 N–H and O–H groups in total. The number of likely N-dealkylation sites (N-methyl/N-ethyl adjacent to an activating group) is 1. The van der Waals surface area contributed by atoms with Crippen molar-refractivity contribution in [1.29, 1.82) is 5.41 Å².